The molecule has 2 aliphatic rings. The van der Waals surface area contributed by atoms with Crippen LogP contribution in [-0.2, 0) is 13.0 Å². The van der Waals surface area contributed by atoms with Crippen molar-refractivity contribution in [1.82, 2.24) is 15.3 Å². The zero-order valence-corrected chi connectivity index (χ0v) is 19.5. The Balaban J connectivity index is 1.42. The van der Waals surface area contributed by atoms with E-state index in [1.807, 2.05) is 13.1 Å². The van der Waals surface area contributed by atoms with Gasteiger partial charge < -0.3 is 16.0 Å². The van der Waals surface area contributed by atoms with Gasteiger partial charge in [-0.3, -0.25) is 9.69 Å². The lowest BCUT2D eigenvalue weighted by Crippen LogP contribution is -2.35. The van der Waals surface area contributed by atoms with Gasteiger partial charge in [-0.1, -0.05) is 41.0 Å². The molecule has 0 unspecified atom stereocenters. The first-order valence-electron chi connectivity index (χ1n) is 10.1. The number of thioether (sulfide) groups is 1. The van der Waals surface area contributed by atoms with Gasteiger partial charge in [0.15, 0.2) is 0 Å². The highest BCUT2D eigenvalue weighted by Crippen LogP contribution is 2.39. The number of nitrogens with one attached hydrogen (secondary N) is 3. The summed E-state index contributed by atoms with van der Waals surface area (Å²) in [7, 11) is 1.92. The van der Waals surface area contributed by atoms with E-state index in [1.165, 1.54) is 22.9 Å². The molecule has 0 aliphatic carbocycles. The SMILES string of the molecule is CNc1cc(Nc2ncc3c(n2)SCN(c2c(Cl)cccc2Cl)C3=O)cc2c1CNCC2. The van der Waals surface area contributed by atoms with E-state index in [9.17, 15) is 4.79 Å². The number of amides is 1. The van der Waals surface area contributed by atoms with Crippen molar-refractivity contribution < 1.29 is 4.79 Å². The zero-order chi connectivity index (χ0) is 22.2. The van der Waals surface area contributed by atoms with E-state index in [-0.39, 0.29) is 5.91 Å². The van der Waals surface area contributed by atoms with Gasteiger partial charge in [-0.05, 0) is 48.4 Å². The molecule has 5 rings (SSSR count). The Labute approximate surface area is 199 Å². The summed E-state index contributed by atoms with van der Waals surface area (Å²) < 4.78 is 0. The molecule has 0 bridgehead atoms. The van der Waals surface area contributed by atoms with Crippen LogP contribution in [0, 0.1) is 0 Å². The van der Waals surface area contributed by atoms with Gasteiger partial charge >= 0.3 is 0 Å². The minimum atomic E-state index is -0.223. The van der Waals surface area contributed by atoms with Gasteiger partial charge in [0.05, 0.1) is 27.2 Å². The lowest BCUT2D eigenvalue weighted by Gasteiger charge is -2.28. The van der Waals surface area contributed by atoms with E-state index in [2.05, 4.69) is 32.0 Å². The summed E-state index contributed by atoms with van der Waals surface area (Å²) in [4.78, 5) is 23.7. The van der Waals surface area contributed by atoms with Crippen LogP contribution in [0.5, 0.6) is 0 Å². The lowest BCUT2D eigenvalue weighted by molar-refractivity contribution is 0.0985. The number of hydrogen-bond donors (Lipinski definition) is 3. The van der Waals surface area contributed by atoms with Crippen LogP contribution in [0.4, 0.5) is 23.0 Å². The van der Waals surface area contributed by atoms with Gasteiger partial charge in [-0.15, -0.1) is 0 Å². The minimum absolute atomic E-state index is 0.223. The molecule has 0 fully saturated rings. The lowest BCUT2D eigenvalue weighted by atomic mass is 9.98. The Hall–Kier alpha value is -2.52. The summed E-state index contributed by atoms with van der Waals surface area (Å²) in [6.07, 6.45) is 2.52. The third-order valence-corrected chi connectivity index (χ3v) is 7.09. The molecule has 164 valence electrons. The molecule has 1 aromatic heterocycles. The molecular formula is C22H20Cl2N6OS. The van der Waals surface area contributed by atoms with E-state index in [4.69, 9.17) is 23.2 Å². The van der Waals surface area contributed by atoms with Crippen molar-refractivity contribution in [3.63, 3.8) is 0 Å². The summed E-state index contributed by atoms with van der Waals surface area (Å²) in [5, 5.41) is 11.5. The largest absolute Gasteiger partial charge is 0.388 e. The molecule has 3 heterocycles. The van der Waals surface area contributed by atoms with Gasteiger partial charge in [-0.25, -0.2) is 9.97 Å². The third-order valence-electron chi connectivity index (χ3n) is 5.51. The fraction of sp³-hybridized carbons (Fsp3) is 0.227. The van der Waals surface area contributed by atoms with Gasteiger partial charge in [0.2, 0.25) is 5.95 Å². The van der Waals surface area contributed by atoms with Crippen LogP contribution < -0.4 is 20.9 Å². The third kappa shape index (κ3) is 3.88. The summed E-state index contributed by atoms with van der Waals surface area (Å²) >= 11 is 14.1. The number of hydrogen-bond acceptors (Lipinski definition) is 7. The molecule has 3 aromatic rings. The van der Waals surface area contributed by atoms with Crippen molar-refractivity contribution in [2.45, 2.75) is 18.0 Å². The van der Waals surface area contributed by atoms with E-state index in [0.29, 0.717) is 38.1 Å². The van der Waals surface area contributed by atoms with Gasteiger partial charge in [0.1, 0.15) is 5.03 Å². The van der Waals surface area contributed by atoms with Crippen LogP contribution in [0.25, 0.3) is 0 Å². The topological polar surface area (TPSA) is 82.2 Å². The molecule has 2 aromatic carbocycles. The number of anilines is 4. The molecule has 0 spiro atoms. The highest BCUT2D eigenvalue weighted by Gasteiger charge is 2.30. The molecule has 10 heteroatoms. The molecule has 32 heavy (non-hydrogen) atoms. The second-order valence-corrected chi connectivity index (χ2v) is 9.20. The van der Waals surface area contributed by atoms with Gasteiger partial charge in [0.25, 0.3) is 5.91 Å². The highest BCUT2D eigenvalue weighted by atomic mass is 35.5. The number of fused-ring (bicyclic) bond motifs is 2. The predicted molar refractivity (Wildman–Crippen MR) is 131 cm³/mol. The average molecular weight is 487 g/mol. The molecule has 0 saturated carbocycles. The number of benzene rings is 2. The van der Waals surface area contributed by atoms with Crippen LogP contribution in [0.15, 0.2) is 41.6 Å². The first-order valence-corrected chi connectivity index (χ1v) is 11.9. The number of carbonyl (C=O) groups is 1. The monoisotopic (exact) mass is 486 g/mol. The predicted octanol–water partition coefficient (Wildman–Crippen LogP) is 4.92. The molecule has 7 nitrogen and oxygen atoms in total. The van der Waals surface area contributed by atoms with Crippen molar-refractivity contribution in [3.8, 4) is 0 Å². The number of aromatic nitrogens is 2. The molecule has 3 N–H and O–H groups in total. The zero-order valence-electron chi connectivity index (χ0n) is 17.2. The normalized spacial score (nSPS) is 15.2. The van der Waals surface area contributed by atoms with Crippen molar-refractivity contribution in [1.29, 1.82) is 0 Å². The standard InChI is InChI=1S/C22H20Cl2N6OS/c1-25-18-8-13(7-12-5-6-26-9-14(12)18)28-22-27-10-15-20(29-22)32-11-30(21(15)31)19-16(23)3-2-4-17(19)24/h2-4,7-8,10,25-26H,5-6,9,11H2,1H3,(H,27,28,29). The van der Waals surface area contributed by atoms with Gasteiger partial charge in [-0.2, -0.15) is 0 Å². The molecule has 2 aliphatic heterocycles. The van der Waals surface area contributed by atoms with Crippen LogP contribution in [0.3, 0.4) is 0 Å². The van der Waals surface area contributed by atoms with Gasteiger partial charge in [0, 0.05) is 31.2 Å². The second kappa shape index (κ2) is 8.78. The Bertz CT molecular complexity index is 1180. The molecule has 1 amide bonds. The van der Waals surface area contributed by atoms with Crippen molar-refractivity contribution in [2.24, 2.45) is 0 Å². The summed E-state index contributed by atoms with van der Waals surface area (Å²) in [6.45, 7) is 1.81. The minimum Gasteiger partial charge on any atom is -0.388 e. The van der Waals surface area contributed by atoms with Crippen molar-refractivity contribution in [2.75, 3.05) is 35.0 Å². The van der Waals surface area contributed by atoms with Crippen LogP contribution in [0.2, 0.25) is 10.0 Å². The van der Waals surface area contributed by atoms with Crippen LogP contribution >= 0.6 is 35.0 Å². The fourth-order valence-electron chi connectivity index (χ4n) is 3.95. The number of rotatable bonds is 4. The average Bonchev–Trinajstić information content (AvgIpc) is 2.80. The summed E-state index contributed by atoms with van der Waals surface area (Å²) in [5.41, 5.74) is 5.50. The Morgan fingerprint density at radius 2 is 2.03 bits per heavy atom. The summed E-state index contributed by atoms with van der Waals surface area (Å²) in [5.74, 6) is 0.588. The number of nitrogens with zero attached hydrogens (tertiary/aromatic N) is 3. The molecular weight excluding hydrogens is 467 g/mol. The summed E-state index contributed by atoms with van der Waals surface area (Å²) in [6, 6.07) is 9.37. The van der Waals surface area contributed by atoms with Crippen molar-refractivity contribution >= 4 is 63.9 Å². The first kappa shape index (κ1) is 21.3. The quantitative estimate of drug-likeness (QED) is 0.451. The maximum atomic E-state index is 13.1. The van der Waals surface area contributed by atoms with Crippen LogP contribution in [-0.4, -0.2) is 35.3 Å². The van der Waals surface area contributed by atoms with Crippen LogP contribution in [0.1, 0.15) is 21.5 Å². The number of halogens is 2. The van der Waals surface area contributed by atoms with E-state index in [1.54, 1.807) is 29.3 Å². The van der Waals surface area contributed by atoms with E-state index in [0.717, 1.165) is 30.9 Å². The molecule has 0 saturated heterocycles. The number of carbonyl (C=O) groups excluding carboxylic acids is 1. The van der Waals surface area contributed by atoms with E-state index < -0.39 is 0 Å². The Morgan fingerprint density at radius 1 is 1.22 bits per heavy atom. The molecule has 0 atom stereocenters. The Kier molecular flexibility index (Phi) is 5.86. The highest BCUT2D eigenvalue weighted by molar-refractivity contribution is 7.99. The smallest absolute Gasteiger partial charge is 0.263 e. The first-order chi connectivity index (χ1) is 15.5. The van der Waals surface area contributed by atoms with Crippen molar-refractivity contribution in [3.05, 3.63) is 63.3 Å². The Morgan fingerprint density at radius 3 is 2.81 bits per heavy atom. The van der Waals surface area contributed by atoms with E-state index >= 15 is 0 Å². The molecule has 0 radical (unpaired) electrons. The maximum absolute atomic E-state index is 13.1. The number of para-hydroxylation sites is 1. The fourth-order valence-corrected chi connectivity index (χ4v) is 5.50. The second-order valence-electron chi connectivity index (χ2n) is 7.45. The maximum Gasteiger partial charge on any atom is 0.263 e.